The summed E-state index contributed by atoms with van der Waals surface area (Å²) in [5.74, 6) is 1.31. The van der Waals surface area contributed by atoms with Crippen molar-refractivity contribution < 1.29 is 4.79 Å². The SMILES string of the molecule is CC1C(=O)C2(C)CCC=CC12. The molecule has 0 spiro atoms. The summed E-state index contributed by atoms with van der Waals surface area (Å²) < 4.78 is 0. The van der Waals surface area contributed by atoms with Crippen LogP contribution in [0.4, 0.5) is 0 Å². The van der Waals surface area contributed by atoms with E-state index in [2.05, 4.69) is 19.1 Å². The third kappa shape index (κ3) is 0.688. The van der Waals surface area contributed by atoms with E-state index in [1.165, 1.54) is 0 Å². The fourth-order valence-electron chi connectivity index (χ4n) is 2.60. The fourth-order valence-corrected chi connectivity index (χ4v) is 2.60. The Balaban J connectivity index is 2.30. The van der Waals surface area contributed by atoms with E-state index in [4.69, 9.17) is 0 Å². The molecule has 3 unspecified atom stereocenters. The molecule has 1 nitrogen and oxygen atoms in total. The van der Waals surface area contributed by atoms with Crippen LogP contribution in [-0.4, -0.2) is 5.78 Å². The van der Waals surface area contributed by atoms with Gasteiger partial charge in [-0.1, -0.05) is 26.0 Å². The van der Waals surface area contributed by atoms with Crippen molar-refractivity contribution in [1.29, 1.82) is 0 Å². The zero-order valence-corrected chi connectivity index (χ0v) is 7.13. The number of carbonyl (C=O) groups excluding carboxylic acids is 1. The maximum atomic E-state index is 11.5. The molecule has 0 amide bonds. The van der Waals surface area contributed by atoms with Crippen molar-refractivity contribution in [2.75, 3.05) is 0 Å². The third-order valence-corrected chi connectivity index (χ3v) is 3.42. The van der Waals surface area contributed by atoms with Crippen LogP contribution in [0.15, 0.2) is 12.2 Å². The molecule has 0 aromatic carbocycles. The first-order chi connectivity index (χ1) is 5.16. The minimum atomic E-state index is 0.0220. The second kappa shape index (κ2) is 1.96. The molecule has 0 aliphatic heterocycles. The van der Waals surface area contributed by atoms with Crippen molar-refractivity contribution in [2.24, 2.45) is 17.3 Å². The molecule has 3 atom stereocenters. The highest BCUT2D eigenvalue weighted by Gasteiger charge is 2.55. The smallest absolute Gasteiger partial charge is 0.142 e. The summed E-state index contributed by atoms with van der Waals surface area (Å²) in [6.07, 6.45) is 6.60. The van der Waals surface area contributed by atoms with Gasteiger partial charge in [-0.2, -0.15) is 0 Å². The number of hydrogen-bond acceptors (Lipinski definition) is 1. The molecular weight excluding hydrogens is 136 g/mol. The van der Waals surface area contributed by atoms with Gasteiger partial charge in [0, 0.05) is 11.3 Å². The lowest BCUT2D eigenvalue weighted by atomic mass is 9.51. The van der Waals surface area contributed by atoms with Gasteiger partial charge in [0.05, 0.1) is 0 Å². The van der Waals surface area contributed by atoms with Gasteiger partial charge in [0.1, 0.15) is 5.78 Å². The molecule has 11 heavy (non-hydrogen) atoms. The molecule has 0 radical (unpaired) electrons. The lowest BCUT2D eigenvalue weighted by molar-refractivity contribution is -0.151. The maximum absolute atomic E-state index is 11.5. The first kappa shape index (κ1) is 7.08. The van der Waals surface area contributed by atoms with Gasteiger partial charge in [0.15, 0.2) is 0 Å². The molecule has 2 aliphatic carbocycles. The zero-order chi connectivity index (χ0) is 8.06. The lowest BCUT2D eigenvalue weighted by Gasteiger charge is -2.51. The first-order valence-electron chi connectivity index (χ1n) is 4.37. The zero-order valence-electron chi connectivity index (χ0n) is 7.13. The fraction of sp³-hybridized carbons (Fsp3) is 0.700. The maximum Gasteiger partial charge on any atom is 0.142 e. The number of carbonyl (C=O) groups is 1. The Morgan fingerprint density at radius 3 is 3.00 bits per heavy atom. The molecule has 0 aromatic heterocycles. The molecule has 0 aromatic rings. The highest BCUT2D eigenvalue weighted by Crippen LogP contribution is 2.53. The van der Waals surface area contributed by atoms with Crippen molar-refractivity contribution >= 4 is 5.78 Å². The minimum Gasteiger partial charge on any atom is -0.299 e. The molecule has 0 N–H and O–H groups in total. The molecule has 1 saturated carbocycles. The van der Waals surface area contributed by atoms with Crippen LogP contribution >= 0.6 is 0 Å². The van der Waals surface area contributed by atoms with Crippen LogP contribution in [-0.2, 0) is 4.79 Å². The third-order valence-electron chi connectivity index (χ3n) is 3.42. The van der Waals surface area contributed by atoms with E-state index in [9.17, 15) is 4.79 Å². The number of Topliss-reactive ketones (excluding diaryl/α,β-unsaturated/α-hetero) is 1. The van der Waals surface area contributed by atoms with Crippen molar-refractivity contribution in [1.82, 2.24) is 0 Å². The molecule has 0 saturated heterocycles. The monoisotopic (exact) mass is 150 g/mol. The normalized spacial score (nSPS) is 48.4. The number of hydrogen-bond donors (Lipinski definition) is 0. The Bertz CT molecular complexity index is 229. The lowest BCUT2D eigenvalue weighted by Crippen LogP contribution is -2.54. The van der Waals surface area contributed by atoms with Crippen molar-refractivity contribution in [3.63, 3.8) is 0 Å². The summed E-state index contributed by atoms with van der Waals surface area (Å²) in [5, 5.41) is 0. The molecule has 2 rings (SSSR count). The van der Waals surface area contributed by atoms with E-state index < -0.39 is 0 Å². The van der Waals surface area contributed by atoms with Crippen LogP contribution in [0.5, 0.6) is 0 Å². The van der Waals surface area contributed by atoms with Crippen LogP contribution in [0.2, 0.25) is 0 Å². The standard InChI is InChI=1S/C10H14O/c1-7-8-5-3-4-6-10(8,2)9(7)11/h3,5,7-8H,4,6H2,1-2H3. The van der Waals surface area contributed by atoms with Gasteiger partial charge in [-0.3, -0.25) is 4.79 Å². The van der Waals surface area contributed by atoms with Crippen LogP contribution < -0.4 is 0 Å². The predicted octanol–water partition coefficient (Wildman–Crippen LogP) is 2.18. The van der Waals surface area contributed by atoms with Gasteiger partial charge in [-0.25, -0.2) is 0 Å². The molecule has 0 bridgehead atoms. The molecule has 60 valence electrons. The Kier molecular flexibility index (Phi) is 1.26. The summed E-state index contributed by atoms with van der Waals surface area (Å²) in [5.41, 5.74) is 0.0220. The minimum absolute atomic E-state index is 0.0220. The molecule has 2 aliphatic rings. The van der Waals surface area contributed by atoms with Crippen LogP contribution in [0.1, 0.15) is 26.7 Å². The van der Waals surface area contributed by atoms with Gasteiger partial charge in [0.25, 0.3) is 0 Å². The molecular formula is C10H14O. The molecule has 1 fully saturated rings. The van der Waals surface area contributed by atoms with E-state index in [1.54, 1.807) is 0 Å². The number of allylic oxidation sites excluding steroid dienone is 2. The van der Waals surface area contributed by atoms with Crippen LogP contribution in [0.25, 0.3) is 0 Å². The topological polar surface area (TPSA) is 17.1 Å². The number of ketones is 1. The van der Waals surface area contributed by atoms with Gasteiger partial charge < -0.3 is 0 Å². The van der Waals surface area contributed by atoms with Crippen molar-refractivity contribution in [3.8, 4) is 0 Å². The second-order valence-corrected chi connectivity index (χ2v) is 4.06. The second-order valence-electron chi connectivity index (χ2n) is 4.06. The van der Waals surface area contributed by atoms with E-state index in [1.807, 2.05) is 6.92 Å². The summed E-state index contributed by atoms with van der Waals surface area (Å²) in [7, 11) is 0. The summed E-state index contributed by atoms with van der Waals surface area (Å²) in [6, 6.07) is 0. The van der Waals surface area contributed by atoms with Gasteiger partial charge >= 0.3 is 0 Å². The number of fused-ring (bicyclic) bond motifs is 1. The van der Waals surface area contributed by atoms with E-state index in [0.717, 1.165) is 12.8 Å². The van der Waals surface area contributed by atoms with Crippen LogP contribution in [0.3, 0.4) is 0 Å². The highest BCUT2D eigenvalue weighted by molar-refractivity contribution is 5.94. The van der Waals surface area contributed by atoms with Crippen molar-refractivity contribution in [2.45, 2.75) is 26.7 Å². The van der Waals surface area contributed by atoms with Crippen LogP contribution in [0, 0.1) is 17.3 Å². The molecule has 1 heteroatoms. The van der Waals surface area contributed by atoms with E-state index >= 15 is 0 Å². The summed E-state index contributed by atoms with van der Waals surface area (Å²) in [6.45, 7) is 4.16. The Morgan fingerprint density at radius 2 is 2.36 bits per heavy atom. The Hall–Kier alpha value is -0.590. The van der Waals surface area contributed by atoms with Gasteiger partial charge in [-0.15, -0.1) is 0 Å². The average Bonchev–Trinajstić information content (AvgIpc) is 2.04. The summed E-state index contributed by atoms with van der Waals surface area (Å²) >= 11 is 0. The molecule has 0 heterocycles. The first-order valence-corrected chi connectivity index (χ1v) is 4.37. The summed E-state index contributed by atoms with van der Waals surface area (Å²) in [4.78, 5) is 11.5. The largest absolute Gasteiger partial charge is 0.299 e. The Morgan fingerprint density at radius 1 is 1.64 bits per heavy atom. The van der Waals surface area contributed by atoms with E-state index in [-0.39, 0.29) is 11.3 Å². The average molecular weight is 150 g/mol. The van der Waals surface area contributed by atoms with Gasteiger partial charge in [-0.05, 0) is 18.8 Å². The van der Waals surface area contributed by atoms with Gasteiger partial charge in [0.2, 0.25) is 0 Å². The quantitative estimate of drug-likeness (QED) is 0.484. The van der Waals surface area contributed by atoms with Crippen molar-refractivity contribution in [3.05, 3.63) is 12.2 Å². The Labute approximate surface area is 67.5 Å². The highest BCUT2D eigenvalue weighted by atomic mass is 16.1. The predicted molar refractivity (Wildman–Crippen MR) is 44.1 cm³/mol. The number of rotatable bonds is 0. The van der Waals surface area contributed by atoms with E-state index in [0.29, 0.717) is 11.7 Å².